The fourth-order valence-electron chi connectivity index (χ4n) is 1.47. The molecule has 1 unspecified atom stereocenters. The van der Waals surface area contributed by atoms with Gasteiger partial charge >= 0.3 is 0 Å². The molecule has 5 heteroatoms. The van der Waals surface area contributed by atoms with Crippen molar-refractivity contribution in [1.82, 2.24) is 10.0 Å². The lowest BCUT2D eigenvalue weighted by Gasteiger charge is -2.27. The van der Waals surface area contributed by atoms with Crippen LogP contribution in [0, 0.1) is 0 Å². The SMILES string of the molecule is CCCNCC(C)S(=O)(=O)NC1CCC1. The first-order valence-electron chi connectivity index (χ1n) is 5.78. The van der Waals surface area contributed by atoms with Crippen LogP contribution in [-0.2, 0) is 10.0 Å². The Kier molecular flexibility index (Phi) is 5.02. The first kappa shape index (κ1) is 12.9. The van der Waals surface area contributed by atoms with E-state index in [9.17, 15) is 8.42 Å². The van der Waals surface area contributed by atoms with Gasteiger partial charge in [-0.15, -0.1) is 0 Å². The zero-order valence-electron chi connectivity index (χ0n) is 9.62. The van der Waals surface area contributed by atoms with Crippen LogP contribution in [-0.4, -0.2) is 32.8 Å². The van der Waals surface area contributed by atoms with Gasteiger partial charge in [-0.2, -0.15) is 0 Å². The van der Waals surface area contributed by atoms with Crippen LogP contribution in [0.2, 0.25) is 0 Å². The monoisotopic (exact) mass is 234 g/mol. The molecule has 0 bridgehead atoms. The number of hydrogen-bond donors (Lipinski definition) is 2. The van der Waals surface area contributed by atoms with E-state index in [1.807, 2.05) is 0 Å². The van der Waals surface area contributed by atoms with E-state index in [0.717, 1.165) is 32.2 Å². The second-order valence-electron chi connectivity index (χ2n) is 4.31. The summed E-state index contributed by atoms with van der Waals surface area (Å²) in [4.78, 5) is 0. The Morgan fingerprint density at radius 3 is 2.53 bits per heavy atom. The quantitative estimate of drug-likeness (QED) is 0.642. The molecule has 2 N–H and O–H groups in total. The fraction of sp³-hybridized carbons (Fsp3) is 1.00. The molecular formula is C10H22N2O2S. The Labute approximate surface area is 92.9 Å². The minimum absolute atomic E-state index is 0.198. The highest BCUT2D eigenvalue weighted by Gasteiger charge is 2.27. The molecule has 90 valence electrons. The Bertz CT molecular complexity index is 273. The van der Waals surface area contributed by atoms with Crippen LogP contribution in [0.1, 0.15) is 39.5 Å². The molecule has 1 aliphatic carbocycles. The highest BCUT2D eigenvalue weighted by atomic mass is 32.2. The van der Waals surface area contributed by atoms with Crippen LogP contribution >= 0.6 is 0 Å². The fourth-order valence-corrected chi connectivity index (χ4v) is 2.74. The third-order valence-corrected chi connectivity index (χ3v) is 4.71. The summed E-state index contributed by atoms with van der Waals surface area (Å²) in [5, 5.41) is 2.79. The molecule has 1 aliphatic rings. The molecule has 1 rings (SSSR count). The van der Waals surface area contributed by atoms with Crippen molar-refractivity contribution in [1.29, 1.82) is 0 Å². The Balaban J connectivity index is 2.31. The molecule has 0 aliphatic heterocycles. The van der Waals surface area contributed by atoms with Crippen LogP contribution in [0.5, 0.6) is 0 Å². The average Bonchev–Trinajstić information content (AvgIpc) is 2.12. The highest BCUT2D eigenvalue weighted by Crippen LogP contribution is 2.19. The third kappa shape index (κ3) is 4.09. The summed E-state index contributed by atoms with van der Waals surface area (Å²) in [7, 11) is -3.11. The molecule has 0 aromatic heterocycles. The lowest BCUT2D eigenvalue weighted by atomic mass is 9.94. The average molecular weight is 234 g/mol. The highest BCUT2D eigenvalue weighted by molar-refractivity contribution is 7.90. The second kappa shape index (κ2) is 5.82. The van der Waals surface area contributed by atoms with Crippen LogP contribution in [0.15, 0.2) is 0 Å². The minimum Gasteiger partial charge on any atom is -0.315 e. The number of sulfonamides is 1. The largest absolute Gasteiger partial charge is 0.315 e. The molecule has 0 saturated heterocycles. The van der Waals surface area contributed by atoms with E-state index in [0.29, 0.717) is 6.54 Å². The standard InChI is InChI=1S/C10H22N2O2S/c1-3-7-11-8-9(2)15(13,14)12-10-5-4-6-10/h9-12H,3-8H2,1-2H3. The molecule has 0 aromatic carbocycles. The van der Waals surface area contributed by atoms with E-state index in [2.05, 4.69) is 17.0 Å². The normalized spacial score (nSPS) is 19.9. The van der Waals surface area contributed by atoms with Gasteiger partial charge in [-0.05, 0) is 32.7 Å². The van der Waals surface area contributed by atoms with E-state index in [-0.39, 0.29) is 11.3 Å². The Morgan fingerprint density at radius 1 is 1.40 bits per heavy atom. The van der Waals surface area contributed by atoms with Gasteiger partial charge in [0.05, 0.1) is 5.25 Å². The molecule has 0 spiro atoms. The van der Waals surface area contributed by atoms with E-state index < -0.39 is 10.0 Å². The minimum atomic E-state index is -3.11. The zero-order chi connectivity index (χ0) is 11.3. The summed E-state index contributed by atoms with van der Waals surface area (Å²) in [5.74, 6) is 0. The maximum atomic E-state index is 11.8. The third-order valence-electron chi connectivity index (χ3n) is 2.82. The number of rotatable bonds is 7. The smallest absolute Gasteiger partial charge is 0.215 e. The van der Waals surface area contributed by atoms with Gasteiger partial charge in [0.2, 0.25) is 10.0 Å². The van der Waals surface area contributed by atoms with Gasteiger partial charge in [0.25, 0.3) is 0 Å². The summed E-state index contributed by atoms with van der Waals surface area (Å²) in [6.07, 6.45) is 4.17. The molecular weight excluding hydrogens is 212 g/mol. The van der Waals surface area contributed by atoms with Gasteiger partial charge in [0.15, 0.2) is 0 Å². The topological polar surface area (TPSA) is 58.2 Å². The van der Waals surface area contributed by atoms with Gasteiger partial charge in [0, 0.05) is 12.6 Å². The molecule has 1 saturated carbocycles. The lowest BCUT2D eigenvalue weighted by Crippen LogP contribution is -2.46. The first-order valence-corrected chi connectivity index (χ1v) is 7.32. The zero-order valence-corrected chi connectivity index (χ0v) is 10.4. The maximum absolute atomic E-state index is 11.8. The van der Waals surface area contributed by atoms with Gasteiger partial charge in [-0.1, -0.05) is 13.3 Å². The molecule has 0 heterocycles. The van der Waals surface area contributed by atoms with Crippen LogP contribution in [0.25, 0.3) is 0 Å². The van der Waals surface area contributed by atoms with E-state index in [1.165, 1.54) is 0 Å². The van der Waals surface area contributed by atoms with Crippen molar-refractivity contribution >= 4 is 10.0 Å². The molecule has 0 amide bonds. The summed E-state index contributed by atoms with van der Waals surface area (Å²) in [6.45, 7) is 5.24. The summed E-state index contributed by atoms with van der Waals surface area (Å²) < 4.78 is 26.3. The number of hydrogen-bond acceptors (Lipinski definition) is 3. The van der Waals surface area contributed by atoms with Crippen molar-refractivity contribution in [3.8, 4) is 0 Å². The maximum Gasteiger partial charge on any atom is 0.215 e. The molecule has 0 radical (unpaired) electrons. The van der Waals surface area contributed by atoms with Crippen LogP contribution in [0.4, 0.5) is 0 Å². The van der Waals surface area contributed by atoms with Crippen molar-refractivity contribution in [2.45, 2.75) is 50.8 Å². The predicted octanol–water partition coefficient (Wildman–Crippen LogP) is 0.846. The second-order valence-corrected chi connectivity index (χ2v) is 6.44. The predicted molar refractivity (Wildman–Crippen MR) is 62.3 cm³/mol. The summed E-state index contributed by atoms with van der Waals surface area (Å²) >= 11 is 0. The van der Waals surface area contributed by atoms with Gasteiger partial charge < -0.3 is 5.32 Å². The Hall–Kier alpha value is -0.130. The van der Waals surface area contributed by atoms with Crippen molar-refractivity contribution in [3.05, 3.63) is 0 Å². The van der Waals surface area contributed by atoms with Crippen molar-refractivity contribution in [2.24, 2.45) is 0 Å². The molecule has 15 heavy (non-hydrogen) atoms. The van der Waals surface area contributed by atoms with Crippen LogP contribution in [0.3, 0.4) is 0 Å². The molecule has 1 fully saturated rings. The lowest BCUT2D eigenvalue weighted by molar-refractivity contribution is 0.381. The molecule has 1 atom stereocenters. The van der Waals surface area contributed by atoms with E-state index in [1.54, 1.807) is 6.92 Å². The van der Waals surface area contributed by atoms with Gasteiger partial charge in [-0.25, -0.2) is 13.1 Å². The molecule has 0 aromatic rings. The first-order chi connectivity index (χ1) is 7.06. The summed E-state index contributed by atoms with van der Waals surface area (Å²) in [6, 6.07) is 0.198. The molecule has 4 nitrogen and oxygen atoms in total. The van der Waals surface area contributed by atoms with Crippen molar-refractivity contribution < 1.29 is 8.42 Å². The van der Waals surface area contributed by atoms with E-state index >= 15 is 0 Å². The number of nitrogens with one attached hydrogen (secondary N) is 2. The van der Waals surface area contributed by atoms with E-state index in [4.69, 9.17) is 0 Å². The summed E-state index contributed by atoms with van der Waals surface area (Å²) in [5.41, 5.74) is 0. The van der Waals surface area contributed by atoms with Gasteiger partial charge in [0.1, 0.15) is 0 Å². The van der Waals surface area contributed by atoms with Crippen molar-refractivity contribution in [2.75, 3.05) is 13.1 Å². The van der Waals surface area contributed by atoms with Crippen LogP contribution < -0.4 is 10.0 Å². The van der Waals surface area contributed by atoms with Crippen molar-refractivity contribution in [3.63, 3.8) is 0 Å². The van der Waals surface area contributed by atoms with Gasteiger partial charge in [-0.3, -0.25) is 0 Å². The Morgan fingerprint density at radius 2 is 2.07 bits per heavy atom.